The van der Waals surface area contributed by atoms with Crippen LogP contribution in [0.25, 0.3) is 0 Å². The van der Waals surface area contributed by atoms with Crippen molar-refractivity contribution < 1.29 is 24.5 Å². The SMILES string of the molecule is CCCCCCCCC/C=C\CCCCCCCC(=O)OCCCCC/C=C\C/C=C\CCCCCCCCCC(=O)NC(CO)C(O)/C=C/CCCCCCCCCCCCCCCCCCCCCCCC. The van der Waals surface area contributed by atoms with Crippen LogP contribution in [0.15, 0.2) is 48.6 Å². The van der Waals surface area contributed by atoms with Gasteiger partial charge in [0, 0.05) is 12.8 Å². The van der Waals surface area contributed by atoms with Crippen molar-refractivity contribution in [2.45, 2.75) is 360 Å². The molecule has 0 aliphatic carbocycles. The first-order valence-corrected chi connectivity index (χ1v) is 32.9. The summed E-state index contributed by atoms with van der Waals surface area (Å²) in [5, 5.41) is 23.2. The second kappa shape index (κ2) is 63.4. The van der Waals surface area contributed by atoms with E-state index in [0.29, 0.717) is 19.4 Å². The first-order valence-electron chi connectivity index (χ1n) is 32.9. The summed E-state index contributed by atoms with van der Waals surface area (Å²) in [6.45, 7) is 4.87. The van der Waals surface area contributed by atoms with E-state index in [4.69, 9.17) is 4.74 Å². The van der Waals surface area contributed by atoms with Crippen molar-refractivity contribution in [1.29, 1.82) is 0 Å². The Kier molecular flexibility index (Phi) is 61.5. The van der Waals surface area contributed by atoms with Crippen LogP contribution in [-0.2, 0) is 14.3 Å². The minimum atomic E-state index is -0.858. The van der Waals surface area contributed by atoms with E-state index < -0.39 is 12.1 Å². The molecule has 0 aliphatic heterocycles. The predicted octanol–water partition coefficient (Wildman–Crippen LogP) is 20.9. The number of aliphatic hydroxyl groups is 2. The third-order valence-electron chi connectivity index (χ3n) is 15.1. The topological polar surface area (TPSA) is 95.9 Å². The lowest BCUT2D eigenvalue weighted by Gasteiger charge is -2.20. The van der Waals surface area contributed by atoms with Gasteiger partial charge in [0.1, 0.15) is 0 Å². The summed E-state index contributed by atoms with van der Waals surface area (Å²) < 4.78 is 5.46. The zero-order chi connectivity index (χ0) is 53.6. The lowest BCUT2D eigenvalue weighted by Crippen LogP contribution is -2.45. The van der Waals surface area contributed by atoms with Gasteiger partial charge in [0.2, 0.25) is 5.91 Å². The van der Waals surface area contributed by atoms with Crippen molar-refractivity contribution >= 4 is 11.9 Å². The van der Waals surface area contributed by atoms with Gasteiger partial charge in [-0.1, -0.05) is 287 Å². The molecule has 0 heterocycles. The fourth-order valence-corrected chi connectivity index (χ4v) is 10.0. The molecule has 2 atom stereocenters. The van der Waals surface area contributed by atoms with Gasteiger partial charge in [-0.15, -0.1) is 0 Å². The number of nitrogens with one attached hydrogen (secondary N) is 1. The number of amides is 1. The summed E-state index contributed by atoms with van der Waals surface area (Å²) in [4.78, 5) is 24.6. The highest BCUT2D eigenvalue weighted by Gasteiger charge is 2.18. The molecule has 6 heteroatoms. The number of carbonyl (C=O) groups excluding carboxylic acids is 2. The molecule has 0 fully saturated rings. The molecule has 2 unspecified atom stereocenters. The Balaban J connectivity index is 3.52. The molecular weight excluding hydrogens is 911 g/mol. The van der Waals surface area contributed by atoms with Crippen molar-refractivity contribution in [1.82, 2.24) is 5.32 Å². The number of carbonyl (C=O) groups is 2. The minimum absolute atomic E-state index is 0.0235. The van der Waals surface area contributed by atoms with Crippen molar-refractivity contribution in [3.8, 4) is 0 Å². The van der Waals surface area contributed by atoms with Gasteiger partial charge in [-0.2, -0.15) is 0 Å². The van der Waals surface area contributed by atoms with Gasteiger partial charge in [0.25, 0.3) is 0 Å². The first kappa shape index (κ1) is 71.8. The summed E-state index contributed by atoms with van der Waals surface area (Å²) >= 11 is 0. The van der Waals surface area contributed by atoms with Crippen molar-refractivity contribution in [2.75, 3.05) is 13.2 Å². The van der Waals surface area contributed by atoms with Gasteiger partial charge < -0.3 is 20.3 Å². The highest BCUT2D eigenvalue weighted by Crippen LogP contribution is 2.17. The zero-order valence-electron chi connectivity index (χ0n) is 49.6. The summed E-state index contributed by atoms with van der Waals surface area (Å²) in [6.07, 6.45) is 81.6. The summed E-state index contributed by atoms with van der Waals surface area (Å²) in [5.41, 5.74) is 0. The van der Waals surface area contributed by atoms with Crippen molar-refractivity contribution in [2.24, 2.45) is 0 Å². The molecule has 0 saturated heterocycles. The number of rotatable bonds is 61. The maximum absolute atomic E-state index is 12.5. The standard InChI is InChI=1S/C68H127NO5/c1-3-5-7-9-11-13-15-17-19-21-22-23-24-25-26-27-29-32-36-40-44-48-52-56-60-66(71)65(64-70)69-67(72)61-57-53-49-45-41-37-33-30-28-31-35-39-43-47-51-55-59-63-74-68(73)62-58-54-50-46-42-38-34-20-18-16-14-12-10-8-6-4-2/h20,28,31,34,39,43,56,60,65-66,70-71H,3-19,21-27,29-30,32-33,35-38,40-42,44-55,57-59,61-64H2,1-2H3,(H,69,72)/b31-28-,34-20-,43-39-,60-56+. The molecule has 0 aromatic carbocycles. The number of allylic oxidation sites excluding steroid dienone is 7. The summed E-state index contributed by atoms with van der Waals surface area (Å²) in [5.74, 6) is -0.105. The van der Waals surface area contributed by atoms with Gasteiger partial charge in [0.05, 0.1) is 25.4 Å². The molecule has 0 aliphatic rings. The van der Waals surface area contributed by atoms with E-state index in [9.17, 15) is 19.8 Å². The van der Waals surface area contributed by atoms with Crippen molar-refractivity contribution in [3.63, 3.8) is 0 Å². The van der Waals surface area contributed by atoms with E-state index in [-0.39, 0.29) is 18.5 Å². The molecular formula is C68H127NO5. The van der Waals surface area contributed by atoms with E-state index in [1.54, 1.807) is 6.08 Å². The van der Waals surface area contributed by atoms with Crippen LogP contribution in [0.5, 0.6) is 0 Å². The fourth-order valence-electron chi connectivity index (χ4n) is 10.0. The first-order chi connectivity index (χ1) is 36.5. The normalized spacial score (nSPS) is 12.9. The second-order valence-electron chi connectivity index (χ2n) is 22.4. The monoisotopic (exact) mass is 1040 g/mol. The number of hydrogen-bond acceptors (Lipinski definition) is 5. The summed E-state index contributed by atoms with van der Waals surface area (Å²) in [7, 11) is 0. The van der Waals surface area contributed by atoms with E-state index in [2.05, 4.69) is 55.6 Å². The van der Waals surface area contributed by atoms with Gasteiger partial charge >= 0.3 is 5.97 Å². The van der Waals surface area contributed by atoms with Crippen LogP contribution in [0.4, 0.5) is 0 Å². The van der Waals surface area contributed by atoms with Crippen LogP contribution in [-0.4, -0.2) is 47.4 Å². The Morgan fingerprint density at radius 2 is 0.676 bits per heavy atom. The molecule has 3 N–H and O–H groups in total. The number of unbranched alkanes of at least 4 members (excludes halogenated alkanes) is 44. The fraction of sp³-hybridized carbons (Fsp3) is 0.853. The van der Waals surface area contributed by atoms with Crippen LogP contribution >= 0.6 is 0 Å². The molecule has 0 radical (unpaired) electrons. The molecule has 0 spiro atoms. The Morgan fingerprint density at radius 1 is 0.378 bits per heavy atom. The maximum Gasteiger partial charge on any atom is 0.305 e. The highest BCUT2D eigenvalue weighted by molar-refractivity contribution is 5.76. The van der Waals surface area contributed by atoms with E-state index in [1.807, 2.05) is 6.08 Å². The lowest BCUT2D eigenvalue weighted by molar-refractivity contribution is -0.143. The molecule has 74 heavy (non-hydrogen) atoms. The third-order valence-corrected chi connectivity index (χ3v) is 15.1. The van der Waals surface area contributed by atoms with Crippen LogP contribution < -0.4 is 5.32 Å². The van der Waals surface area contributed by atoms with Crippen molar-refractivity contribution in [3.05, 3.63) is 48.6 Å². The number of ether oxygens (including phenoxy) is 1. The lowest BCUT2D eigenvalue weighted by atomic mass is 10.0. The second-order valence-corrected chi connectivity index (χ2v) is 22.4. The third kappa shape index (κ3) is 59.1. The maximum atomic E-state index is 12.5. The molecule has 0 bridgehead atoms. The number of esters is 1. The van der Waals surface area contributed by atoms with Gasteiger partial charge in [-0.05, 0) is 96.3 Å². The van der Waals surface area contributed by atoms with Gasteiger partial charge in [0.15, 0.2) is 0 Å². The molecule has 6 nitrogen and oxygen atoms in total. The van der Waals surface area contributed by atoms with Crippen LogP contribution in [0.3, 0.4) is 0 Å². The molecule has 434 valence electrons. The molecule has 0 aromatic heterocycles. The minimum Gasteiger partial charge on any atom is -0.466 e. The number of aliphatic hydroxyl groups excluding tert-OH is 2. The Labute approximate surface area is 461 Å². The summed E-state index contributed by atoms with van der Waals surface area (Å²) in [6, 6.07) is -0.643. The average molecular weight is 1040 g/mol. The average Bonchev–Trinajstić information content (AvgIpc) is 3.40. The quantitative estimate of drug-likeness (QED) is 0.0320. The predicted molar refractivity (Wildman–Crippen MR) is 324 cm³/mol. The molecule has 1 amide bonds. The van der Waals surface area contributed by atoms with Gasteiger partial charge in [-0.3, -0.25) is 9.59 Å². The van der Waals surface area contributed by atoms with Crippen LogP contribution in [0.2, 0.25) is 0 Å². The van der Waals surface area contributed by atoms with Gasteiger partial charge in [-0.25, -0.2) is 0 Å². The van der Waals surface area contributed by atoms with Crippen LogP contribution in [0, 0.1) is 0 Å². The Hall–Kier alpha value is -2.18. The largest absolute Gasteiger partial charge is 0.466 e. The highest BCUT2D eigenvalue weighted by atomic mass is 16.5. The van der Waals surface area contributed by atoms with E-state index in [0.717, 1.165) is 83.5 Å². The number of hydrogen-bond donors (Lipinski definition) is 3. The van der Waals surface area contributed by atoms with E-state index >= 15 is 0 Å². The zero-order valence-corrected chi connectivity index (χ0v) is 49.6. The Bertz CT molecular complexity index is 1240. The van der Waals surface area contributed by atoms with E-state index in [1.165, 1.54) is 238 Å². The molecule has 0 aromatic rings. The molecule has 0 saturated carbocycles. The van der Waals surface area contributed by atoms with Crippen LogP contribution in [0.1, 0.15) is 348 Å². The smallest absolute Gasteiger partial charge is 0.305 e. The Morgan fingerprint density at radius 3 is 1.04 bits per heavy atom. The molecule has 0 rings (SSSR count).